The number of anilines is 1. The summed E-state index contributed by atoms with van der Waals surface area (Å²) in [6.45, 7) is 0.844. The molecule has 6 nitrogen and oxygen atoms in total. The van der Waals surface area contributed by atoms with E-state index in [-0.39, 0.29) is 11.9 Å². The fourth-order valence-corrected chi connectivity index (χ4v) is 4.53. The van der Waals surface area contributed by atoms with Gasteiger partial charge in [0.15, 0.2) is 0 Å². The van der Waals surface area contributed by atoms with E-state index in [1.807, 2.05) is 68.7 Å². The smallest absolute Gasteiger partial charge is 0.305 e. The highest BCUT2D eigenvalue weighted by atomic mass is 79.9. The Labute approximate surface area is 214 Å². The summed E-state index contributed by atoms with van der Waals surface area (Å²) in [6, 6.07) is 21.8. The van der Waals surface area contributed by atoms with Gasteiger partial charge in [-0.25, -0.2) is 0 Å². The van der Waals surface area contributed by atoms with Crippen LogP contribution in [-0.4, -0.2) is 43.7 Å². The number of benzene rings is 3. The van der Waals surface area contributed by atoms with Gasteiger partial charge in [0.1, 0.15) is 5.92 Å². The summed E-state index contributed by atoms with van der Waals surface area (Å²) in [6.07, 6.45) is 0.914. The van der Waals surface area contributed by atoms with Crippen molar-refractivity contribution in [2.24, 2.45) is 4.99 Å². The van der Waals surface area contributed by atoms with E-state index < -0.39 is 5.92 Å². The number of nitrogens with one attached hydrogen (secondary N) is 1. The van der Waals surface area contributed by atoms with E-state index in [0.29, 0.717) is 18.6 Å². The van der Waals surface area contributed by atoms with Gasteiger partial charge in [0.05, 0.1) is 18.5 Å². The summed E-state index contributed by atoms with van der Waals surface area (Å²) in [5, 5.41) is 3.00. The average Bonchev–Trinajstić information content (AvgIpc) is 3.16. The molecule has 0 radical (unpaired) electrons. The lowest BCUT2D eigenvalue weighted by molar-refractivity contribution is -0.140. The minimum Gasteiger partial charge on any atom is -0.469 e. The van der Waals surface area contributed by atoms with E-state index in [0.717, 1.165) is 39.1 Å². The van der Waals surface area contributed by atoms with Crippen LogP contribution in [0.5, 0.6) is 0 Å². The zero-order chi connectivity index (χ0) is 24.9. The molecule has 180 valence electrons. The van der Waals surface area contributed by atoms with Crippen LogP contribution in [0.25, 0.3) is 0 Å². The molecule has 35 heavy (non-hydrogen) atoms. The second kappa shape index (κ2) is 11.0. The molecule has 0 saturated heterocycles. The molecule has 0 saturated carbocycles. The summed E-state index contributed by atoms with van der Waals surface area (Å²) in [5.41, 5.74) is 6.24. The molecule has 7 heteroatoms. The molecule has 1 heterocycles. The number of fused-ring (bicyclic) bond motifs is 1. The number of hydrogen-bond acceptors (Lipinski definition) is 5. The quantitative estimate of drug-likeness (QED) is 0.307. The molecule has 1 unspecified atom stereocenters. The molecular formula is C28H28BrN3O3. The molecule has 0 spiro atoms. The fourth-order valence-electron chi connectivity index (χ4n) is 4.17. The number of aryl methyl sites for hydroxylation is 1. The van der Waals surface area contributed by atoms with E-state index in [9.17, 15) is 9.59 Å². The molecule has 1 aliphatic rings. The highest BCUT2D eigenvalue weighted by molar-refractivity contribution is 9.10. The SMILES string of the molecule is COC(=O)CCc1ccc(C(=Nc2ccc(CN(C)C)cc2)C2C(=O)Nc3cc(Br)ccc32)cc1. The summed E-state index contributed by atoms with van der Waals surface area (Å²) >= 11 is 3.48. The first-order valence-electron chi connectivity index (χ1n) is 11.4. The maximum absolute atomic E-state index is 13.1. The molecule has 1 N–H and O–H groups in total. The van der Waals surface area contributed by atoms with Gasteiger partial charge in [-0.2, -0.15) is 0 Å². The minimum atomic E-state index is -0.527. The van der Waals surface area contributed by atoms with E-state index in [4.69, 9.17) is 9.73 Å². The van der Waals surface area contributed by atoms with Crippen molar-refractivity contribution >= 4 is 44.9 Å². The van der Waals surface area contributed by atoms with Crippen LogP contribution in [0.1, 0.15) is 34.6 Å². The van der Waals surface area contributed by atoms with Gasteiger partial charge in [-0.05, 0) is 67.0 Å². The predicted octanol–water partition coefficient (Wildman–Crippen LogP) is 5.47. The Balaban J connectivity index is 1.71. The Morgan fingerprint density at radius 3 is 2.37 bits per heavy atom. The van der Waals surface area contributed by atoms with Crippen molar-refractivity contribution in [2.75, 3.05) is 26.5 Å². The van der Waals surface area contributed by atoms with E-state index >= 15 is 0 Å². The van der Waals surface area contributed by atoms with Gasteiger partial charge < -0.3 is 15.0 Å². The molecule has 0 fully saturated rings. The molecule has 1 aliphatic heterocycles. The zero-order valence-electron chi connectivity index (χ0n) is 20.0. The summed E-state index contributed by atoms with van der Waals surface area (Å²) in [7, 11) is 5.46. The Hall–Kier alpha value is -3.29. The van der Waals surface area contributed by atoms with Crippen LogP contribution < -0.4 is 5.32 Å². The minimum absolute atomic E-state index is 0.101. The van der Waals surface area contributed by atoms with Gasteiger partial charge >= 0.3 is 5.97 Å². The van der Waals surface area contributed by atoms with Gasteiger partial charge in [0.2, 0.25) is 5.91 Å². The molecule has 1 amide bonds. The largest absolute Gasteiger partial charge is 0.469 e. The van der Waals surface area contributed by atoms with Crippen molar-refractivity contribution in [2.45, 2.75) is 25.3 Å². The summed E-state index contributed by atoms with van der Waals surface area (Å²) in [5.74, 6) is -0.865. The van der Waals surface area contributed by atoms with Crippen LogP contribution in [0.2, 0.25) is 0 Å². The number of carbonyl (C=O) groups excluding carboxylic acids is 2. The Bertz CT molecular complexity index is 1250. The van der Waals surface area contributed by atoms with E-state index in [1.54, 1.807) is 0 Å². The van der Waals surface area contributed by atoms with Gasteiger partial charge in [-0.1, -0.05) is 58.4 Å². The molecule has 3 aromatic rings. The topological polar surface area (TPSA) is 71.0 Å². The normalized spacial score (nSPS) is 15.2. The average molecular weight is 534 g/mol. The number of amides is 1. The molecule has 0 aromatic heterocycles. The van der Waals surface area contributed by atoms with Crippen LogP contribution in [0.4, 0.5) is 11.4 Å². The lowest BCUT2D eigenvalue weighted by Gasteiger charge is -2.15. The number of hydrogen-bond donors (Lipinski definition) is 1. The maximum atomic E-state index is 13.1. The number of ether oxygens (including phenoxy) is 1. The third-order valence-electron chi connectivity index (χ3n) is 5.90. The van der Waals surface area contributed by atoms with Gasteiger partial charge in [-0.3, -0.25) is 14.6 Å². The Kier molecular flexibility index (Phi) is 7.78. The summed E-state index contributed by atoms with van der Waals surface area (Å²) < 4.78 is 5.65. The number of esters is 1. The number of carbonyl (C=O) groups is 2. The fraction of sp³-hybridized carbons (Fsp3) is 0.250. The van der Waals surface area contributed by atoms with Crippen molar-refractivity contribution in [3.8, 4) is 0 Å². The molecule has 0 aliphatic carbocycles. The first-order chi connectivity index (χ1) is 16.8. The van der Waals surface area contributed by atoms with Crippen LogP contribution in [0.15, 0.2) is 76.2 Å². The van der Waals surface area contributed by atoms with Crippen LogP contribution in [0.3, 0.4) is 0 Å². The van der Waals surface area contributed by atoms with E-state index in [2.05, 4.69) is 38.3 Å². The van der Waals surface area contributed by atoms with Crippen molar-refractivity contribution in [3.05, 3.63) is 93.5 Å². The third kappa shape index (κ3) is 6.05. The Morgan fingerprint density at radius 1 is 1.03 bits per heavy atom. The van der Waals surface area contributed by atoms with Crippen LogP contribution in [0, 0.1) is 0 Å². The Morgan fingerprint density at radius 2 is 1.71 bits per heavy atom. The lowest BCUT2D eigenvalue weighted by Crippen LogP contribution is -2.22. The number of nitrogens with zero attached hydrogens (tertiary/aromatic N) is 2. The highest BCUT2D eigenvalue weighted by Crippen LogP contribution is 2.38. The van der Waals surface area contributed by atoms with E-state index in [1.165, 1.54) is 12.7 Å². The number of aliphatic imine (C=N–C) groups is 1. The molecule has 4 rings (SSSR count). The summed E-state index contributed by atoms with van der Waals surface area (Å²) in [4.78, 5) is 31.7. The van der Waals surface area contributed by atoms with Crippen molar-refractivity contribution in [1.82, 2.24) is 4.90 Å². The molecule has 1 atom stereocenters. The van der Waals surface area contributed by atoms with Crippen molar-refractivity contribution < 1.29 is 14.3 Å². The van der Waals surface area contributed by atoms with Crippen LogP contribution in [-0.2, 0) is 27.3 Å². The second-order valence-electron chi connectivity index (χ2n) is 8.83. The van der Waals surface area contributed by atoms with Gasteiger partial charge in [0.25, 0.3) is 0 Å². The number of halogens is 1. The first kappa shape index (κ1) is 24.8. The molecule has 3 aromatic carbocycles. The lowest BCUT2D eigenvalue weighted by atomic mass is 9.90. The maximum Gasteiger partial charge on any atom is 0.305 e. The number of methoxy groups -OCH3 is 1. The highest BCUT2D eigenvalue weighted by Gasteiger charge is 2.35. The standard InChI is InChI=1S/C28H28BrN3O3/c1-32(2)17-19-6-12-22(13-7-19)30-27(20-9-4-18(5-10-20)8-15-25(33)35-3)26-23-14-11-21(29)16-24(23)31-28(26)34/h4-7,9-14,16,26H,8,15,17H2,1-3H3,(H,31,34). The number of rotatable bonds is 8. The van der Waals surface area contributed by atoms with Gasteiger partial charge in [0, 0.05) is 23.1 Å². The molecule has 0 bridgehead atoms. The first-order valence-corrected chi connectivity index (χ1v) is 12.2. The zero-order valence-corrected chi connectivity index (χ0v) is 21.6. The predicted molar refractivity (Wildman–Crippen MR) is 142 cm³/mol. The van der Waals surface area contributed by atoms with Gasteiger partial charge in [-0.15, -0.1) is 0 Å². The second-order valence-corrected chi connectivity index (χ2v) is 9.74. The monoisotopic (exact) mass is 533 g/mol. The third-order valence-corrected chi connectivity index (χ3v) is 6.39. The van der Waals surface area contributed by atoms with Crippen molar-refractivity contribution in [3.63, 3.8) is 0 Å². The van der Waals surface area contributed by atoms with Crippen LogP contribution >= 0.6 is 15.9 Å². The van der Waals surface area contributed by atoms with Crippen molar-refractivity contribution in [1.29, 1.82) is 0 Å². The molecular weight excluding hydrogens is 506 g/mol.